The van der Waals surface area contributed by atoms with Crippen molar-refractivity contribution in [3.8, 4) is 5.75 Å². The summed E-state index contributed by atoms with van der Waals surface area (Å²) < 4.78 is 5.24. The predicted molar refractivity (Wildman–Crippen MR) is 73.6 cm³/mol. The average Bonchev–Trinajstić information content (AvgIpc) is 2.13. The van der Waals surface area contributed by atoms with Gasteiger partial charge in [-0.05, 0) is 55.9 Å². The second kappa shape index (κ2) is 4.69. The Kier molecular flexibility index (Phi) is 3.88. The first-order chi connectivity index (χ1) is 7.65. The lowest BCUT2D eigenvalue weighted by molar-refractivity contribution is 0.349. The van der Waals surface area contributed by atoms with Gasteiger partial charge in [-0.2, -0.15) is 0 Å². The molecule has 0 aliphatic carbocycles. The maximum Gasteiger partial charge on any atom is 0.119 e. The van der Waals surface area contributed by atoms with Crippen LogP contribution in [0.2, 0.25) is 0 Å². The Balaban J connectivity index is 3.06. The van der Waals surface area contributed by atoms with E-state index in [1.807, 2.05) is 6.07 Å². The van der Waals surface area contributed by atoms with E-state index < -0.39 is 0 Å². The first-order valence-corrected chi connectivity index (χ1v) is 6.10. The molecule has 1 aromatic rings. The molecule has 0 aromatic heterocycles. The molecule has 2 heteroatoms. The van der Waals surface area contributed by atoms with Crippen molar-refractivity contribution in [1.29, 1.82) is 0 Å². The number of nitrogens with two attached hydrogens (primary N) is 1. The summed E-state index contributed by atoms with van der Waals surface area (Å²) in [4.78, 5) is 0. The van der Waals surface area contributed by atoms with Crippen molar-refractivity contribution in [2.75, 3.05) is 7.11 Å². The molecule has 0 bridgehead atoms. The number of hydrogen-bond acceptors (Lipinski definition) is 2. The second-order valence-corrected chi connectivity index (χ2v) is 6.23. The van der Waals surface area contributed by atoms with Gasteiger partial charge in [-0.15, -0.1) is 0 Å². The highest BCUT2D eigenvalue weighted by atomic mass is 16.5. The van der Waals surface area contributed by atoms with Crippen LogP contribution in [0.15, 0.2) is 18.2 Å². The summed E-state index contributed by atoms with van der Waals surface area (Å²) in [7, 11) is 1.70. The average molecular weight is 235 g/mol. The summed E-state index contributed by atoms with van der Waals surface area (Å²) in [5.41, 5.74) is 8.67. The summed E-state index contributed by atoms with van der Waals surface area (Å²) in [5.74, 6) is 0.911. The van der Waals surface area contributed by atoms with Gasteiger partial charge >= 0.3 is 0 Å². The van der Waals surface area contributed by atoms with E-state index >= 15 is 0 Å². The minimum Gasteiger partial charge on any atom is -0.497 e. The van der Waals surface area contributed by atoms with Gasteiger partial charge in [0.1, 0.15) is 5.75 Å². The SMILES string of the molecule is COc1ccc(C(C)(C)CC(C)(C)N)c(C)c1. The Hall–Kier alpha value is -1.02. The normalized spacial score (nSPS) is 12.6. The fourth-order valence-electron chi connectivity index (χ4n) is 2.76. The number of aryl methyl sites for hydroxylation is 1. The van der Waals surface area contributed by atoms with Crippen molar-refractivity contribution < 1.29 is 4.74 Å². The zero-order chi connectivity index (χ0) is 13.3. The number of ether oxygens (including phenoxy) is 1. The molecule has 1 rings (SSSR count). The van der Waals surface area contributed by atoms with Crippen LogP contribution in [0.4, 0.5) is 0 Å². The quantitative estimate of drug-likeness (QED) is 0.868. The van der Waals surface area contributed by atoms with Gasteiger partial charge in [0.25, 0.3) is 0 Å². The third kappa shape index (κ3) is 3.74. The van der Waals surface area contributed by atoms with E-state index in [4.69, 9.17) is 10.5 Å². The third-order valence-electron chi connectivity index (χ3n) is 3.06. The van der Waals surface area contributed by atoms with E-state index in [1.165, 1.54) is 11.1 Å². The standard InChI is InChI=1S/C15H25NO/c1-11-9-12(17-6)7-8-13(11)14(2,3)10-15(4,5)16/h7-9H,10,16H2,1-6H3. The van der Waals surface area contributed by atoms with Crippen LogP contribution < -0.4 is 10.5 Å². The van der Waals surface area contributed by atoms with Gasteiger partial charge in [0, 0.05) is 5.54 Å². The summed E-state index contributed by atoms with van der Waals surface area (Å²) in [6.45, 7) is 10.8. The minimum atomic E-state index is -0.157. The molecule has 0 fully saturated rings. The molecule has 1 aromatic carbocycles. The summed E-state index contributed by atoms with van der Waals surface area (Å²) in [6.07, 6.45) is 0.952. The molecule has 0 saturated carbocycles. The lowest BCUT2D eigenvalue weighted by atomic mass is 9.74. The molecule has 0 heterocycles. The van der Waals surface area contributed by atoms with Gasteiger partial charge in [-0.25, -0.2) is 0 Å². The highest BCUT2D eigenvalue weighted by Crippen LogP contribution is 2.34. The molecular formula is C15H25NO. The molecule has 0 spiro atoms. The fourth-order valence-corrected chi connectivity index (χ4v) is 2.76. The van der Waals surface area contributed by atoms with E-state index in [-0.39, 0.29) is 11.0 Å². The van der Waals surface area contributed by atoms with E-state index in [1.54, 1.807) is 7.11 Å². The smallest absolute Gasteiger partial charge is 0.119 e. The molecule has 17 heavy (non-hydrogen) atoms. The summed E-state index contributed by atoms with van der Waals surface area (Å²) >= 11 is 0. The molecule has 0 aliphatic rings. The van der Waals surface area contributed by atoms with Crippen LogP contribution in [0, 0.1) is 6.92 Å². The zero-order valence-corrected chi connectivity index (χ0v) is 11.9. The first-order valence-electron chi connectivity index (χ1n) is 6.10. The second-order valence-electron chi connectivity index (χ2n) is 6.23. The van der Waals surface area contributed by atoms with Crippen LogP contribution in [-0.2, 0) is 5.41 Å². The molecule has 0 atom stereocenters. The maximum absolute atomic E-state index is 6.14. The van der Waals surface area contributed by atoms with Crippen LogP contribution in [0.3, 0.4) is 0 Å². The molecule has 0 amide bonds. The van der Waals surface area contributed by atoms with Gasteiger partial charge in [-0.1, -0.05) is 19.9 Å². The molecule has 96 valence electrons. The van der Waals surface area contributed by atoms with Crippen molar-refractivity contribution in [2.45, 2.75) is 52.0 Å². The topological polar surface area (TPSA) is 35.2 Å². The number of rotatable bonds is 4. The van der Waals surface area contributed by atoms with Gasteiger partial charge in [0.15, 0.2) is 0 Å². The molecular weight excluding hydrogens is 210 g/mol. The Bertz CT molecular complexity index is 388. The van der Waals surface area contributed by atoms with Crippen LogP contribution >= 0.6 is 0 Å². The highest BCUT2D eigenvalue weighted by Gasteiger charge is 2.28. The van der Waals surface area contributed by atoms with Crippen molar-refractivity contribution in [3.63, 3.8) is 0 Å². The fraction of sp³-hybridized carbons (Fsp3) is 0.600. The van der Waals surface area contributed by atoms with Crippen LogP contribution in [0.1, 0.15) is 45.2 Å². The molecule has 0 saturated heterocycles. The first kappa shape index (κ1) is 14.0. The Morgan fingerprint density at radius 2 is 1.76 bits per heavy atom. The molecule has 0 unspecified atom stereocenters. The predicted octanol–water partition coefficient (Wildman–Crippen LogP) is 3.41. The Labute approximate surface area is 105 Å². The summed E-state index contributed by atoms with van der Waals surface area (Å²) in [5, 5.41) is 0. The number of methoxy groups -OCH3 is 1. The molecule has 2 nitrogen and oxygen atoms in total. The summed E-state index contributed by atoms with van der Waals surface area (Å²) in [6, 6.07) is 6.26. The lowest BCUT2D eigenvalue weighted by Crippen LogP contribution is -2.39. The number of benzene rings is 1. The maximum atomic E-state index is 6.14. The van der Waals surface area contributed by atoms with E-state index in [9.17, 15) is 0 Å². The molecule has 0 aliphatic heterocycles. The third-order valence-corrected chi connectivity index (χ3v) is 3.06. The lowest BCUT2D eigenvalue weighted by Gasteiger charge is -2.34. The van der Waals surface area contributed by atoms with Crippen molar-refractivity contribution in [2.24, 2.45) is 5.73 Å². The zero-order valence-electron chi connectivity index (χ0n) is 11.9. The van der Waals surface area contributed by atoms with Crippen molar-refractivity contribution in [1.82, 2.24) is 0 Å². The monoisotopic (exact) mass is 235 g/mol. The number of hydrogen-bond donors (Lipinski definition) is 1. The van der Waals surface area contributed by atoms with Crippen molar-refractivity contribution >= 4 is 0 Å². The Morgan fingerprint density at radius 1 is 1.18 bits per heavy atom. The van der Waals surface area contributed by atoms with Gasteiger partial charge in [0.05, 0.1) is 7.11 Å². The van der Waals surface area contributed by atoms with E-state index in [2.05, 4.69) is 46.8 Å². The largest absolute Gasteiger partial charge is 0.497 e. The van der Waals surface area contributed by atoms with Gasteiger partial charge < -0.3 is 10.5 Å². The minimum absolute atomic E-state index is 0.0780. The van der Waals surface area contributed by atoms with Crippen LogP contribution in [0.25, 0.3) is 0 Å². The molecule has 2 N–H and O–H groups in total. The Morgan fingerprint density at radius 3 is 2.18 bits per heavy atom. The van der Waals surface area contributed by atoms with E-state index in [0.29, 0.717) is 0 Å². The van der Waals surface area contributed by atoms with E-state index in [0.717, 1.165) is 12.2 Å². The van der Waals surface area contributed by atoms with Crippen LogP contribution in [-0.4, -0.2) is 12.6 Å². The highest BCUT2D eigenvalue weighted by molar-refractivity contribution is 5.39. The van der Waals surface area contributed by atoms with Crippen molar-refractivity contribution in [3.05, 3.63) is 29.3 Å². The van der Waals surface area contributed by atoms with Gasteiger partial charge in [-0.3, -0.25) is 0 Å². The van der Waals surface area contributed by atoms with Crippen LogP contribution in [0.5, 0.6) is 5.75 Å². The van der Waals surface area contributed by atoms with Gasteiger partial charge in [0.2, 0.25) is 0 Å². The molecule has 0 radical (unpaired) electrons.